The fraction of sp³-hybridized carbons (Fsp3) is 0.481. The number of hydrogen-bond donors (Lipinski definition) is 2. The lowest BCUT2D eigenvalue weighted by atomic mass is 9.66. The molecule has 0 spiro atoms. The average Bonchev–Trinajstić information content (AvgIpc) is 2.78. The van der Waals surface area contributed by atoms with Gasteiger partial charge in [-0.15, -0.1) is 0 Å². The molecular formula is C27H35ClN2O3. The second kappa shape index (κ2) is 9.86. The number of nitrogens with zero attached hydrogens (tertiary/aromatic N) is 1. The van der Waals surface area contributed by atoms with Crippen LogP contribution in [0.4, 0.5) is 0 Å². The Hall–Kier alpha value is -2.37. The molecule has 178 valence electrons. The van der Waals surface area contributed by atoms with Crippen molar-refractivity contribution in [2.24, 2.45) is 11.3 Å². The zero-order chi connectivity index (χ0) is 24.4. The molecule has 3 atom stereocenters. The van der Waals surface area contributed by atoms with Crippen molar-refractivity contribution in [3.05, 3.63) is 70.7 Å². The van der Waals surface area contributed by atoms with Crippen molar-refractivity contribution in [2.75, 3.05) is 13.1 Å². The summed E-state index contributed by atoms with van der Waals surface area (Å²) in [6.07, 6.45) is 0.409. The van der Waals surface area contributed by atoms with Crippen molar-refractivity contribution in [3.63, 3.8) is 0 Å². The Morgan fingerprint density at radius 2 is 1.64 bits per heavy atom. The van der Waals surface area contributed by atoms with E-state index in [4.69, 9.17) is 11.6 Å². The standard InChI is InChI=1S/C27H35ClN2O3/c1-18(2)23(29-24(31)19(3)20-9-7-6-8-10-20)25(32)30-16-15-27(33,26(4,5)17-30)21-11-13-22(28)14-12-21/h6-14,18-19,23,33H,15-17H2,1-5H3,(H,29,31)/t19?,23-,27+/m1/s1. The third kappa shape index (κ3) is 5.25. The Labute approximate surface area is 202 Å². The summed E-state index contributed by atoms with van der Waals surface area (Å²) in [4.78, 5) is 28.3. The van der Waals surface area contributed by atoms with Crippen LogP contribution in [-0.4, -0.2) is 41.0 Å². The number of likely N-dealkylation sites (tertiary alicyclic amines) is 1. The van der Waals surface area contributed by atoms with E-state index in [1.807, 2.05) is 77.1 Å². The van der Waals surface area contributed by atoms with Crippen LogP contribution in [0.2, 0.25) is 5.02 Å². The molecule has 0 radical (unpaired) electrons. The Kier molecular flexibility index (Phi) is 7.55. The zero-order valence-corrected chi connectivity index (χ0v) is 20.9. The van der Waals surface area contributed by atoms with Crippen LogP contribution in [0.15, 0.2) is 54.6 Å². The Morgan fingerprint density at radius 1 is 1.03 bits per heavy atom. The third-order valence-electron chi connectivity index (χ3n) is 7.01. The van der Waals surface area contributed by atoms with Crippen molar-refractivity contribution in [3.8, 4) is 0 Å². The molecule has 2 aromatic carbocycles. The Balaban J connectivity index is 1.74. The first-order chi connectivity index (χ1) is 15.5. The van der Waals surface area contributed by atoms with E-state index in [1.165, 1.54) is 0 Å². The Bertz CT molecular complexity index is 975. The first kappa shape index (κ1) is 25.3. The first-order valence-corrected chi connectivity index (χ1v) is 12.0. The normalized spacial score (nSPS) is 22.0. The fourth-order valence-electron chi connectivity index (χ4n) is 4.65. The molecule has 0 aromatic heterocycles. The van der Waals surface area contributed by atoms with Crippen molar-refractivity contribution in [2.45, 2.75) is 58.6 Å². The highest BCUT2D eigenvalue weighted by Gasteiger charge is 2.50. The molecule has 3 rings (SSSR count). The molecule has 1 saturated heterocycles. The lowest BCUT2D eigenvalue weighted by Crippen LogP contribution is -2.60. The number of carbonyl (C=O) groups excluding carboxylic acids is 2. The summed E-state index contributed by atoms with van der Waals surface area (Å²) < 4.78 is 0. The quantitative estimate of drug-likeness (QED) is 0.641. The minimum atomic E-state index is -1.08. The average molecular weight is 471 g/mol. The van der Waals surface area contributed by atoms with Gasteiger partial charge in [-0.1, -0.05) is 81.8 Å². The SMILES string of the molecule is CC(C(=O)N[C@@H](C(=O)N1CC[C@](O)(c2ccc(Cl)cc2)C(C)(C)C1)C(C)C)c1ccccc1. The van der Waals surface area contributed by atoms with E-state index in [2.05, 4.69) is 5.32 Å². The minimum absolute atomic E-state index is 0.0652. The number of aliphatic hydroxyl groups is 1. The number of piperidine rings is 1. The van der Waals surface area contributed by atoms with Crippen molar-refractivity contribution >= 4 is 23.4 Å². The molecule has 0 aliphatic carbocycles. The number of carbonyl (C=O) groups is 2. The van der Waals surface area contributed by atoms with Crippen LogP contribution in [-0.2, 0) is 15.2 Å². The summed E-state index contributed by atoms with van der Waals surface area (Å²) in [6, 6.07) is 16.2. The van der Waals surface area contributed by atoms with Gasteiger partial charge in [0.15, 0.2) is 0 Å². The summed E-state index contributed by atoms with van der Waals surface area (Å²) in [5.41, 5.74) is 0.0520. The summed E-state index contributed by atoms with van der Waals surface area (Å²) in [6.45, 7) is 10.5. The van der Waals surface area contributed by atoms with Gasteiger partial charge < -0.3 is 15.3 Å². The molecule has 5 nitrogen and oxygen atoms in total. The maximum absolute atomic E-state index is 13.5. The van der Waals surface area contributed by atoms with Crippen LogP contribution in [0.3, 0.4) is 0 Å². The van der Waals surface area contributed by atoms with Gasteiger partial charge in [-0.05, 0) is 42.5 Å². The van der Waals surface area contributed by atoms with Gasteiger partial charge in [0.2, 0.25) is 11.8 Å². The predicted octanol–water partition coefficient (Wildman–Crippen LogP) is 4.73. The number of halogens is 1. The summed E-state index contributed by atoms with van der Waals surface area (Å²) in [5, 5.41) is 15.2. The van der Waals surface area contributed by atoms with Gasteiger partial charge in [-0.3, -0.25) is 9.59 Å². The summed E-state index contributed by atoms with van der Waals surface area (Å²) in [5.74, 6) is -0.690. The van der Waals surface area contributed by atoms with Crippen molar-refractivity contribution < 1.29 is 14.7 Å². The number of nitrogens with one attached hydrogen (secondary N) is 1. The van der Waals surface area contributed by atoms with Gasteiger partial charge in [0.25, 0.3) is 0 Å². The Morgan fingerprint density at radius 3 is 2.18 bits per heavy atom. The second-order valence-corrected chi connectivity index (χ2v) is 10.6. The van der Waals surface area contributed by atoms with E-state index in [1.54, 1.807) is 17.0 Å². The summed E-state index contributed by atoms with van der Waals surface area (Å²) >= 11 is 6.03. The lowest BCUT2D eigenvalue weighted by molar-refractivity contribution is -0.156. The molecule has 6 heteroatoms. The monoisotopic (exact) mass is 470 g/mol. The van der Waals surface area contributed by atoms with Gasteiger partial charge in [0.1, 0.15) is 6.04 Å². The highest BCUT2D eigenvalue weighted by atomic mass is 35.5. The molecule has 1 aliphatic rings. The van der Waals surface area contributed by atoms with Crippen LogP contribution in [0.25, 0.3) is 0 Å². The van der Waals surface area contributed by atoms with Gasteiger partial charge in [0.05, 0.1) is 11.5 Å². The van der Waals surface area contributed by atoms with E-state index in [-0.39, 0.29) is 23.7 Å². The minimum Gasteiger partial charge on any atom is -0.384 e. The molecule has 1 unspecified atom stereocenters. The van der Waals surface area contributed by atoms with E-state index < -0.39 is 17.1 Å². The van der Waals surface area contributed by atoms with Crippen LogP contribution in [0.1, 0.15) is 58.1 Å². The molecule has 33 heavy (non-hydrogen) atoms. The second-order valence-electron chi connectivity index (χ2n) is 10.1. The molecule has 2 aromatic rings. The molecule has 2 N–H and O–H groups in total. The molecule has 0 bridgehead atoms. The largest absolute Gasteiger partial charge is 0.384 e. The zero-order valence-electron chi connectivity index (χ0n) is 20.1. The molecular weight excluding hydrogens is 436 g/mol. The lowest BCUT2D eigenvalue weighted by Gasteiger charge is -2.51. The first-order valence-electron chi connectivity index (χ1n) is 11.6. The molecule has 1 heterocycles. The third-order valence-corrected chi connectivity index (χ3v) is 7.26. The van der Waals surface area contributed by atoms with E-state index >= 15 is 0 Å². The van der Waals surface area contributed by atoms with Gasteiger partial charge in [-0.25, -0.2) is 0 Å². The molecule has 0 saturated carbocycles. The molecule has 1 fully saturated rings. The predicted molar refractivity (Wildman–Crippen MR) is 132 cm³/mol. The van der Waals surface area contributed by atoms with Gasteiger partial charge >= 0.3 is 0 Å². The van der Waals surface area contributed by atoms with Crippen LogP contribution in [0, 0.1) is 11.3 Å². The fourth-order valence-corrected chi connectivity index (χ4v) is 4.78. The van der Waals surface area contributed by atoms with E-state index in [9.17, 15) is 14.7 Å². The van der Waals surface area contributed by atoms with E-state index in [0.29, 0.717) is 24.5 Å². The highest BCUT2D eigenvalue weighted by Crippen LogP contribution is 2.46. The molecule has 1 aliphatic heterocycles. The van der Waals surface area contributed by atoms with Crippen LogP contribution >= 0.6 is 11.6 Å². The number of amides is 2. The summed E-state index contributed by atoms with van der Waals surface area (Å²) in [7, 11) is 0. The van der Waals surface area contributed by atoms with E-state index in [0.717, 1.165) is 11.1 Å². The van der Waals surface area contributed by atoms with Gasteiger partial charge in [0, 0.05) is 23.5 Å². The van der Waals surface area contributed by atoms with Crippen LogP contribution in [0.5, 0.6) is 0 Å². The highest BCUT2D eigenvalue weighted by molar-refractivity contribution is 6.30. The van der Waals surface area contributed by atoms with Gasteiger partial charge in [-0.2, -0.15) is 0 Å². The number of hydrogen-bond acceptors (Lipinski definition) is 3. The maximum atomic E-state index is 13.5. The van der Waals surface area contributed by atoms with Crippen molar-refractivity contribution in [1.29, 1.82) is 0 Å². The number of benzene rings is 2. The van der Waals surface area contributed by atoms with Crippen LogP contribution < -0.4 is 5.32 Å². The van der Waals surface area contributed by atoms with Crippen molar-refractivity contribution in [1.82, 2.24) is 10.2 Å². The topological polar surface area (TPSA) is 69.6 Å². The molecule has 2 amide bonds. The smallest absolute Gasteiger partial charge is 0.245 e. The number of rotatable bonds is 6. The maximum Gasteiger partial charge on any atom is 0.245 e.